The van der Waals surface area contributed by atoms with E-state index in [9.17, 15) is 9.59 Å². The summed E-state index contributed by atoms with van der Waals surface area (Å²) in [5.41, 5.74) is 2.48. The van der Waals surface area contributed by atoms with Crippen LogP contribution in [0, 0.1) is 0 Å². The molecule has 1 amide bonds. The highest BCUT2D eigenvalue weighted by Gasteiger charge is 2.15. The Hall–Kier alpha value is -3.44. The summed E-state index contributed by atoms with van der Waals surface area (Å²) in [6, 6.07) is 28.2. The van der Waals surface area contributed by atoms with Crippen molar-refractivity contribution < 1.29 is 9.59 Å². The third-order valence-electron chi connectivity index (χ3n) is 4.77. The summed E-state index contributed by atoms with van der Waals surface area (Å²) in [4.78, 5) is 25.5. The lowest BCUT2D eigenvalue weighted by atomic mass is 10.0. The van der Waals surface area contributed by atoms with Crippen LogP contribution in [0.15, 0.2) is 95.5 Å². The molecule has 0 aliphatic heterocycles. The van der Waals surface area contributed by atoms with Crippen molar-refractivity contribution in [2.45, 2.75) is 0 Å². The van der Waals surface area contributed by atoms with E-state index >= 15 is 0 Å². The summed E-state index contributed by atoms with van der Waals surface area (Å²) in [5.74, 6) is -0.291. The fraction of sp³-hybridized carbons (Fsp3) is 0.0400. The van der Waals surface area contributed by atoms with E-state index in [-0.39, 0.29) is 18.2 Å². The molecule has 0 fully saturated rings. The van der Waals surface area contributed by atoms with E-state index in [4.69, 9.17) is 0 Å². The molecule has 0 radical (unpaired) electrons. The van der Waals surface area contributed by atoms with Gasteiger partial charge in [0.1, 0.15) is 0 Å². The lowest BCUT2D eigenvalue weighted by Crippen LogP contribution is -2.22. The van der Waals surface area contributed by atoms with Crippen LogP contribution in [0.2, 0.25) is 0 Å². The zero-order valence-electron chi connectivity index (χ0n) is 16.1. The van der Waals surface area contributed by atoms with Crippen molar-refractivity contribution in [1.82, 2.24) is 0 Å². The number of hydrogen-bond acceptors (Lipinski definition) is 3. The van der Waals surface area contributed by atoms with E-state index in [0.29, 0.717) is 16.8 Å². The maximum absolute atomic E-state index is 12.9. The standard InChI is InChI=1S/C25H19BrN2O2/c26-19-13-14-22(21(15-19)25(30)18-8-2-1-3-9-18)27-16-24(29)28-23-12-6-10-17-7-4-5-11-20(17)23/h1-15,27H,16H2,(H,28,29). The third-order valence-corrected chi connectivity index (χ3v) is 5.26. The molecule has 0 saturated carbocycles. The Morgan fingerprint density at radius 1 is 0.767 bits per heavy atom. The minimum atomic E-state index is -0.188. The second-order valence-corrected chi connectivity index (χ2v) is 7.73. The average molecular weight is 459 g/mol. The van der Waals surface area contributed by atoms with Gasteiger partial charge in [0.05, 0.1) is 6.54 Å². The Morgan fingerprint density at radius 3 is 2.33 bits per heavy atom. The first-order chi connectivity index (χ1) is 14.6. The number of nitrogens with one attached hydrogen (secondary N) is 2. The van der Waals surface area contributed by atoms with Gasteiger partial charge in [0, 0.05) is 32.4 Å². The van der Waals surface area contributed by atoms with E-state index in [2.05, 4.69) is 26.6 Å². The highest BCUT2D eigenvalue weighted by atomic mass is 79.9. The topological polar surface area (TPSA) is 58.2 Å². The number of anilines is 2. The van der Waals surface area contributed by atoms with Gasteiger partial charge in [-0.05, 0) is 29.7 Å². The second-order valence-electron chi connectivity index (χ2n) is 6.81. The van der Waals surface area contributed by atoms with Crippen LogP contribution in [-0.4, -0.2) is 18.2 Å². The first-order valence-electron chi connectivity index (χ1n) is 9.52. The van der Waals surface area contributed by atoms with Crippen molar-refractivity contribution in [3.05, 3.63) is 107 Å². The minimum absolute atomic E-state index is 0.0416. The Balaban J connectivity index is 1.51. The molecule has 4 aromatic carbocycles. The summed E-state index contributed by atoms with van der Waals surface area (Å²) in [6.07, 6.45) is 0. The van der Waals surface area contributed by atoms with Crippen LogP contribution in [0.5, 0.6) is 0 Å². The zero-order valence-corrected chi connectivity index (χ0v) is 17.6. The fourth-order valence-corrected chi connectivity index (χ4v) is 3.67. The van der Waals surface area contributed by atoms with Crippen molar-refractivity contribution in [3.8, 4) is 0 Å². The highest BCUT2D eigenvalue weighted by molar-refractivity contribution is 9.10. The van der Waals surface area contributed by atoms with Gasteiger partial charge in [-0.2, -0.15) is 0 Å². The van der Waals surface area contributed by atoms with Crippen molar-refractivity contribution in [2.75, 3.05) is 17.2 Å². The highest BCUT2D eigenvalue weighted by Crippen LogP contribution is 2.25. The number of carbonyl (C=O) groups excluding carboxylic acids is 2. The molecular weight excluding hydrogens is 440 g/mol. The maximum atomic E-state index is 12.9. The Labute approximate surface area is 183 Å². The molecule has 2 N–H and O–H groups in total. The van der Waals surface area contributed by atoms with Gasteiger partial charge in [-0.15, -0.1) is 0 Å². The summed E-state index contributed by atoms with van der Waals surface area (Å²) in [7, 11) is 0. The number of benzene rings is 4. The monoisotopic (exact) mass is 458 g/mol. The average Bonchev–Trinajstić information content (AvgIpc) is 2.78. The van der Waals surface area contributed by atoms with Gasteiger partial charge in [-0.1, -0.05) is 82.7 Å². The number of rotatable bonds is 6. The Kier molecular flexibility index (Phi) is 5.91. The van der Waals surface area contributed by atoms with Gasteiger partial charge in [-0.25, -0.2) is 0 Å². The molecule has 0 saturated heterocycles. The van der Waals surface area contributed by atoms with E-state index in [1.807, 2.05) is 66.7 Å². The summed E-state index contributed by atoms with van der Waals surface area (Å²) < 4.78 is 0.799. The smallest absolute Gasteiger partial charge is 0.243 e. The van der Waals surface area contributed by atoms with Crippen LogP contribution in [0.1, 0.15) is 15.9 Å². The predicted octanol–water partition coefficient (Wildman–Crippen LogP) is 5.88. The second kappa shape index (κ2) is 8.93. The van der Waals surface area contributed by atoms with Crippen LogP contribution in [0.3, 0.4) is 0 Å². The normalized spacial score (nSPS) is 10.6. The van der Waals surface area contributed by atoms with E-state index in [1.54, 1.807) is 24.3 Å². The quantitative estimate of drug-likeness (QED) is 0.354. The summed E-state index contributed by atoms with van der Waals surface area (Å²) in [6.45, 7) is 0.0416. The van der Waals surface area contributed by atoms with Gasteiger partial charge < -0.3 is 10.6 Å². The third kappa shape index (κ3) is 4.42. The Morgan fingerprint density at radius 2 is 1.50 bits per heavy atom. The number of amides is 1. The molecule has 0 aromatic heterocycles. The largest absolute Gasteiger partial charge is 0.376 e. The summed E-state index contributed by atoms with van der Waals surface area (Å²) in [5, 5.41) is 8.10. The van der Waals surface area contributed by atoms with Crippen molar-refractivity contribution in [1.29, 1.82) is 0 Å². The van der Waals surface area contributed by atoms with Crippen molar-refractivity contribution >= 4 is 49.8 Å². The van der Waals surface area contributed by atoms with Crippen LogP contribution < -0.4 is 10.6 Å². The fourth-order valence-electron chi connectivity index (χ4n) is 3.31. The molecule has 30 heavy (non-hydrogen) atoms. The number of hydrogen-bond donors (Lipinski definition) is 2. The number of ketones is 1. The number of fused-ring (bicyclic) bond motifs is 1. The van der Waals surface area contributed by atoms with Crippen molar-refractivity contribution in [2.24, 2.45) is 0 Å². The predicted molar refractivity (Wildman–Crippen MR) is 125 cm³/mol. The van der Waals surface area contributed by atoms with E-state index in [1.165, 1.54) is 0 Å². The van der Waals surface area contributed by atoms with Crippen LogP contribution in [0.4, 0.5) is 11.4 Å². The molecule has 148 valence electrons. The molecule has 0 aliphatic carbocycles. The number of carbonyl (C=O) groups is 2. The van der Waals surface area contributed by atoms with E-state index < -0.39 is 0 Å². The molecule has 5 heteroatoms. The van der Waals surface area contributed by atoms with Gasteiger partial charge in [-0.3, -0.25) is 9.59 Å². The van der Waals surface area contributed by atoms with Gasteiger partial charge in [0.15, 0.2) is 5.78 Å². The minimum Gasteiger partial charge on any atom is -0.376 e. The number of halogens is 1. The summed E-state index contributed by atoms with van der Waals surface area (Å²) >= 11 is 3.43. The van der Waals surface area contributed by atoms with Gasteiger partial charge in [0.25, 0.3) is 0 Å². The van der Waals surface area contributed by atoms with Crippen molar-refractivity contribution in [3.63, 3.8) is 0 Å². The van der Waals surface area contributed by atoms with E-state index in [0.717, 1.165) is 20.9 Å². The van der Waals surface area contributed by atoms with Crippen LogP contribution in [0.25, 0.3) is 10.8 Å². The molecule has 4 rings (SSSR count). The molecule has 0 unspecified atom stereocenters. The first kappa shape index (κ1) is 19.9. The maximum Gasteiger partial charge on any atom is 0.243 e. The molecule has 4 aromatic rings. The van der Waals surface area contributed by atoms with Crippen LogP contribution in [-0.2, 0) is 4.79 Å². The zero-order chi connectivity index (χ0) is 20.9. The van der Waals surface area contributed by atoms with Gasteiger partial charge >= 0.3 is 0 Å². The molecule has 0 atom stereocenters. The van der Waals surface area contributed by atoms with Gasteiger partial charge in [0.2, 0.25) is 5.91 Å². The lowest BCUT2D eigenvalue weighted by molar-refractivity contribution is -0.114. The molecule has 4 nitrogen and oxygen atoms in total. The Bertz CT molecular complexity index is 1220. The molecule has 0 bridgehead atoms. The molecule has 0 spiro atoms. The molecule has 0 aliphatic rings. The first-order valence-corrected chi connectivity index (χ1v) is 10.3. The lowest BCUT2D eigenvalue weighted by Gasteiger charge is -2.13. The molecule has 0 heterocycles. The molecular formula is C25H19BrN2O2. The van der Waals surface area contributed by atoms with Crippen LogP contribution >= 0.6 is 15.9 Å². The SMILES string of the molecule is O=C(CNc1ccc(Br)cc1C(=O)c1ccccc1)Nc1cccc2ccccc12.